The maximum atomic E-state index is 12.1. The van der Waals surface area contributed by atoms with Gasteiger partial charge in [-0.05, 0) is 24.3 Å². The molecule has 7 nitrogen and oxygen atoms in total. The van der Waals surface area contributed by atoms with Crippen molar-refractivity contribution >= 4 is 29.0 Å². The summed E-state index contributed by atoms with van der Waals surface area (Å²) in [4.78, 5) is 23.0. The number of carbonyl (C=O) groups excluding carboxylic acids is 1. The summed E-state index contributed by atoms with van der Waals surface area (Å²) in [7, 11) is 3.06. The number of non-ortho nitro benzene ring substituents is 1. The molecule has 2 aromatic carbocycles. The largest absolute Gasteiger partial charge is 0.497 e. The molecular weight excluding hydrogens is 332 g/mol. The van der Waals surface area contributed by atoms with Crippen LogP contribution in [0.5, 0.6) is 11.5 Å². The molecular formula is C16H16N2O5S. The number of hydrogen-bond donors (Lipinski definition) is 1. The molecule has 0 heterocycles. The molecule has 2 aromatic rings. The average molecular weight is 348 g/mol. The van der Waals surface area contributed by atoms with Crippen molar-refractivity contribution in [2.24, 2.45) is 0 Å². The number of rotatable bonds is 7. The van der Waals surface area contributed by atoms with Crippen LogP contribution in [0.15, 0.2) is 47.4 Å². The first-order chi connectivity index (χ1) is 11.5. The summed E-state index contributed by atoms with van der Waals surface area (Å²) in [6.45, 7) is 0. The molecule has 0 bridgehead atoms. The second kappa shape index (κ2) is 8.21. The zero-order valence-electron chi connectivity index (χ0n) is 13.1. The number of hydrogen-bond acceptors (Lipinski definition) is 6. The predicted octanol–water partition coefficient (Wildman–Crippen LogP) is 3.34. The van der Waals surface area contributed by atoms with E-state index >= 15 is 0 Å². The van der Waals surface area contributed by atoms with Crippen molar-refractivity contribution in [1.29, 1.82) is 0 Å². The van der Waals surface area contributed by atoms with Crippen LogP contribution >= 0.6 is 11.8 Å². The molecule has 0 saturated carbocycles. The first kappa shape index (κ1) is 17.6. The first-order valence-electron chi connectivity index (χ1n) is 6.92. The summed E-state index contributed by atoms with van der Waals surface area (Å²) in [6, 6.07) is 11.2. The summed E-state index contributed by atoms with van der Waals surface area (Å²) in [5.41, 5.74) is 0.538. The van der Waals surface area contributed by atoms with Gasteiger partial charge in [0.25, 0.3) is 5.69 Å². The number of benzene rings is 2. The maximum absolute atomic E-state index is 12.1. The van der Waals surface area contributed by atoms with Crippen LogP contribution in [0.25, 0.3) is 0 Å². The molecule has 0 unspecified atom stereocenters. The van der Waals surface area contributed by atoms with Gasteiger partial charge in [-0.3, -0.25) is 14.9 Å². The first-order valence-corrected chi connectivity index (χ1v) is 7.91. The smallest absolute Gasteiger partial charge is 0.269 e. The molecule has 24 heavy (non-hydrogen) atoms. The number of anilines is 1. The second-order valence-corrected chi connectivity index (χ2v) is 5.70. The monoisotopic (exact) mass is 348 g/mol. The third-order valence-electron chi connectivity index (χ3n) is 3.10. The Balaban J connectivity index is 1.97. The molecule has 0 aromatic heterocycles. The molecule has 8 heteroatoms. The van der Waals surface area contributed by atoms with E-state index in [1.165, 1.54) is 38.1 Å². The average Bonchev–Trinajstić information content (AvgIpc) is 2.60. The number of carbonyl (C=O) groups is 1. The number of nitrogens with one attached hydrogen (secondary N) is 1. The van der Waals surface area contributed by atoms with Crippen LogP contribution in [0.1, 0.15) is 0 Å². The number of methoxy groups -OCH3 is 2. The van der Waals surface area contributed by atoms with Gasteiger partial charge in [0.15, 0.2) is 0 Å². The molecule has 1 N–H and O–H groups in total. The van der Waals surface area contributed by atoms with Crippen molar-refractivity contribution in [3.05, 3.63) is 52.6 Å². The highest BCUT2D eigenvalue weighted by Gasteiger charge is 2.10. The zero-order chi connectivity index (χ0) is 17.5. The minimum Gasteiger partial charge on any atom is -0.497 e. The summed E-state index contributed by atoms with van der Waals surface area (Å²) >= 11 is 1.28. The number of nitro benzene ring substituents is 1. The Morgan fingerprint density at radius 1 is 1.17 bits per heavy atom. The fraction of sp³-hybridized carbons (Fsp3) is 0.188. The Morgan fingerprint density at radius 3 is 2.46 bits per heavy atom. The zero-order valence-corrected chi connectivity index (χ0v) is 14.0. The SMILES string of the molecule is COc1ccc(OC)c(NC(=O)CSc2ccc([N+](=O)[O-])cc2)c1. The number of ether oxygens (including phenoxy) is 2. The summed E-state index contributed by atoms with van der Waals surface area (Å²) < 4.78 is 10.3. The van der Waals surface area contributed by atoms with Gasteiger partial charge in [0.05, 0.1) is 30.6 Å². The van der Waals surface area contributed by atoms with Crippen LogP contribution in [0.2, 0.25) is 0 Å². The van der Waals surface area contributed by atoms with Crippen molar-refractivity contribution in [3.8, 4) is 11.5 Å². The van der Waals surface area contributed by atoms with Gasteiger partial charge in [0, 0.05) is 23.1 Å². The van der Waals surface area contributed by atoms with E-state index in [9.17, 15) is 14.9 Å². The molecule has 0 radical (unpaired) electrons. The van der Waals surface area contributed by atoms with Gasteiger partial charge in [-0.2, -0.15) is 0 Å². The van der Waals surface area contributed by atoms with Crippen LogP contribution in [0, 0.1) is 10.1 Å². The predicted molar refractivity (Wildman–Crippen MR) is 92.0 cm³/mol. The van der Waals surface area contributed by atoms with Crippen molar-refractivity contribution in [2.75, 3.05) is 25.3 Å². The van der Waals surface area contributed by atoms with E-state index in [0.29, 0.717) is 17.2 Å². The maximum Gasteiger partial charge on any atom is 0.269 e. The van der Waals surface area contributed by atoms with Gasteiger partial charge in [-0.15, -0.1) is 11.8 Å². The van der Waals surface area contributed by atoms with Crippen LogP contribution in [0.3, 0.4) is 0 Å². The van der Waals surface area contributed by atoms with Crippen molar-refractivity contribution in [1.82, 2.24) is 0 Å². The molecule has 0 aliphatic rings. The molecule has 0 aliphatic heterocycles. The fourth-order valence-electron chi connectivity index (χ4n) is 1.91. The summed E-state index contributed by atoms with van der Waals surface area (Å²) in [5.74, 6) is 1.08. The van der Waals surface area contributed by atoms with Gasteiger partial charge in [-0.1, -0.05) is 0 Å². The normalized spacial score (nSPS) is 10.1. The van der Waals surface area contributed by atoms with Crippen molar-refractivity contribution < 1.29 is 19.2 Å². The van der Waals surface area contributed by atoms with Gasteiger partial charge in [0.1, 0.15) is 11.5 Å². The second-order valence-electron chi connectivity index (χ2n) is 4.65. The molecule has 0 atom stereocenters. The molecule has 2 rings (SSSR count). The van der Waals surface area contributed by atoms with E-state index in [0.717, 1.165) is 4.90 Å². The number of amides is 1. The van der Waals surface area contributed by atoms with Crippen molar-refractivity contribution in [2.45, 2.75) is 4.90 Å². The molecule has 0 fully saturated rings. The quantitative estimate of drug-likeness (QED) is 0.469. The van der Waals surface area contributed by atoms with Crippen LogP contribution in [0.4, 0.5) is 11.4 Å². The minimum atomic E-state index is -0.462. The Hall–Kier alpha value is -2.74. The number of nitrogens with zero attached hydrogens (tertiary/aromatic N) is 1. The number of nitro groups is 1. The lowest BCUT2D eigenvalue weighted by molar-refractivity contribution is -0.384. The molecule has 0 saturated heterocycles. The minimum absolute atomic E-state index is 0.0184. The van der Waals surface area contributed by atoms with Crippen LogP contribution in [-0.4, -0.2) is 30.8 Å². The molecule has 0 aliphatic carbocycles. The molecule has 0 spiro atoms. The fourth-order valence-corrected chi connectivity index (χ4v) is 2.61. The molecule has 1 amide bonds. The highest BCUT2D eigenvalue weighted by atomic mass is 32.2. The van der Waals surface area contributed by atoms with Gasteiger partial charge < -0.3 is 14.8 Å². The third-order valence-corrected chi connectivity index (χ3v) is 4.11. The van der Waals surface area contributed by atoms with Crippen molar-refractivity contribution in [3.63, 3.8) is 0 Å². The Labute approximate surface area is 143 Å². The van der Waals surface area contributed by atoms with Crippen LogP contribution in [-0.2, 0) is 4.79 Å². The lowest BCUT2D eigenvalue weighted by Crippen LogP contribution is -2.14. The van der Waals surface area contributed by atoms with E-state index in [1.54, 1.807) is 30.3 Å². The highest BCUT2D eigenvalue weighted by molar-refractivity contribution is 8.00. The van der Waals surface area contributed by atoms with E-state index < -0.39 is 4.92 Å². The highest BCUT2D eigenvalue weighted by Crippen LogP contribution is 2.29. The van der Waals surface area contributed by atoms with Crippen LogP contribution < -0.4 is 14.8 Å². The third kappa shape index (κ3) is 4.63. The van der Waals surface area contributed by atoms with Gasteiger partial charge >= 0.3 is 0 Å². The summed E-state index contributed by atoms with van der Waals surface area (Å²) in [6.07, 6.45) is 0. The standard InChI is InChI=1S/C16H16N2O5S/c1-22-12-5-8-15(23-2)14(9-12)17-16(19)10-24-13-6-3-11(4-7-13)18(20)21/h3-9H,10H2,1-2H3,(H,17,19). The number of thioether (sulfide) groups is 1. The van der Waals surface area contributed by atoms with E-state index in [2.05, 4.69) is 5.32 Å². The topological polar surface area (TPSA) is 90.7 Å². The Morgan fingerprint density at radius 2 is 1.88 bits per heavy atom. The van der Waals surface area contributed by atoms with E-state index in [1.807, 2.05) is 0 Å². The lowest BCUT2D eigenvalue weighted by atomic mass is 10.2. The van der Waals surface area contributed by atoms with Gasteiger partial charge in [-0.25, -0.2) is 0 Å². The Kier molecular flexibility index (Phi) is 6.02. The van der Waals surface area contributed by atoms with E-state index in [4.69, 9.17) is 9.47 Å². The summed E-state index contributed by atoms with van der Waals surface area (Å²) in [5, 5.41) is 13.4. The van der Waals surface area contributed by atoms with E-state index in [-0.39, 0.29) is 17.3 Å². The molecule has 126 valence electrons. The lowest BCUT2D eigenvalue weighted by Gasteiger charge is -2.11. The Bertz CT molecular complexity index is 734. The van der Waals surface area contributed by atoms with Gasteiger partial charge in [0.2, 0.25) is 5.91 Å².